The largest absolute Gasteiger partial charge is 0.481 e. The number of nitrogens with one attached hydrogen (secondary N) is 2. The Morgan fingerprint density at radius 1 is 1.32 bits per heavy atom. The molecule has 1 aliphatic carbocycles. The number of hydrogen-bond donors (Lipinski definition) is 4. The Bertz CT molecular complexity index is 377. The Morgan fingerprint density at radius 3 is 2.21 bits per heavy atom. The van der Waals surface area contributed by atoms with E-state index >= 15 is 0 Å². The molecular weight excluding hydrogens is 250 g/mol. The zero-order valence-electron chi connectivity index (χ0n) is 11.2. The van der Waals surface area contributed by atoms with Crippen molar-refractivity contribution >= 4 is 17.9 Å². The monoisotopic (exact) mass is 271 g/mol. The van der Waals surface area contributed by atoms with Gasteiger partial charge in [0.15, 0.2) is 0 Å². The summed E-state index contributed by atoms with van der Waals surface area (Å²) < 4.78 is 0. The van der Waals surface area contributed by atoms with Crippen LogP contribution in [0.5, 0.6) is 0 Å². The molecule has 7 nitrogen and oxygen atoms in total. The highest BCUT2D eigenvalue weighted by molar-refractivity contribution is 5.86. The first-order valence-electron chi connectivity index (χ1n) is 6.35. The van der Waals surface area contributed by atoms with Crippen LogP contribution in [0.15, 0.2) is 0 Å². The molecular formula is C12H21N3O4. The molecule has 3 amide bonds. The summed E-state index contributed by atoms with van der Waals surface area (Å²) in [6.07, 6.45) is 2.05. The van der Waals surface area contributed by atoms with Gasteiger partial charge in [0.1, 0.15) is 6.04 Å². The summed E-state index contributed by atoms with van der Waals surface area (Å²) in [7, 11) is 0. The van der Waals surface area contributed by atoms with Gasteiger partial charge in [0.05, 0.1) is 12.0 Å². The van der Waals surface area contributed by atoms with E-state index in [2.05, 4.69) is 10.6 Å². The Labute approximate surface area is 111 Å². The SMILES string of the molecule is CC(C)C(NC(=O)NC1(CC(=O)O)CCC1)C(N)=O. The second-order valence-electron chi connectivity index (χ2n) is 5.43. The number of aliphatic carboxylic acids is 1. The van der Waals surface area contributed by atoms with Crippen LogP contribution in [0.1, 0.15) is 39.5 Å². The van der Waals surface area contributed by atoms with E-state index in [1.165, 1.54) is 0 Å². The third-order valence-corrected chi connectivity index (χ3v) is 3.44. The summed E-state index contributed by atoms with van der Waals surface area (Å²) in [5.74, 6) is -1.68. The minimum atomic E-state index is -0.949. The molecule has 1 saturated carbocycles. The number of amides is 3. The summed E-state index contributed by atoms with van der Waals surface area (Å²) in [6, 6.07) is -1.31. The van der Waals surface area contributed by atoms with Gasteiger partial charge in [-0.3, -0.25) is 9.59 Å². The second-order valence-corrected chi connectivity index (χ2v) is 5.43. The van der Waals surface area contributed by atoms with Gasteiger partial charge >= 0.3 is 12.0 Å². The molecule has 0 radical (unpaired) electrons. The van der Waals surface area contributed by atoms with Gasteiger partial charge in [0.25, 0.3) is 0 Å². The van der Waals surface area contributed by atoms with Gasteiger partial charge in [-0.1, -0.05) is 13.8 Å². The number of carbonyl (C=O) groups excluding carboxylic acids is 2. The van der Waals surface area contributed by atoms with E-state index in [4.69, 9.17) is 10.8 Å². The molecule has 0 aromatic heterocycles. The molecule has 0 spiro atoms. The van der Waals surface area contributed by atoms with E-state index in [0.29, 0.717) is 12.8 Å². The number of nitrogens with two attached hydrogens (primary N) is 1. The lowest BCUT2D eigenvalue weighted by molar-refractivity contribution is -0.139. The predicted octanol–water partition coefficient (Wildman–Crippen LogP) is 0.193. The van der Waals surface area contributed by atoms with E-state index in [0.717, 1.165) is 6.42 Å². The molecule has 1 atom stereocenters. The van der Waals surface area contributed by atoms with Crippen molar-refractivity contribution in [2.75, 3.05) is 0 Å². The smallest absolute Gasteiger partial charge is 0.315 e. The van der Waals surface area contributed by atoms with Crippen LogP contribution in [0.3, 0.4) is 0 Å². The lowest BCUT2D eigenvalue weighted by Gasteiger charge is -2.41. The van der Waals surface area contributed by atoms with E-state index in [1.54, 1.807) is 13.8 Å². The van der Waals surface area contributed by atoms with Gasteiger partial charge < -0.3 is 21.5 Å². The number of hydrogen-bond acceptors (Lipinski definition) is 3. The fourth-order valence-corrected chi connectivity index (χ4v) is 2.22. The number of carboxylic acid groups (broad SMARTS) is 1. The Hall–Kier alpha value is -1.79. The van der Waals surface area contributed by atoms with Crippen LogP contribution in [0.4, 0.5) is 4.79 Å². The van der Waals surface area contributed by atoms with Crippen molar-refractivity contribution in [3.8, 4) is 0 Å². The van der Waals surface area contributed by atoms with E-state index in [-0.39, 0.29) is 12.3 Å². The summed E-state index contributed by atoms with van der Waals surface area (Å²) in [6.45, 7) is 3.54. The Balaban J connectivity index is 2.58. The van der Waals surface area contributed by atoms with Crippen molar-refractivity contribution in [1.29, 1.82) is 0 Å². The minimum Gasteiger partial charge on any atom is -0.481 e. The summed E-state index contributed by atoms with van der Waals surface area (Å²) in [5, 5.41) is 14.0. The van der Waals surface area contributed by atoms with Crippen molar-refractivity contribution in [1.82, 2.24) is 10.6 Å². The molecule has 0 aromatic carbocycles. The van der Waals surface area contributed by atoms with Crippen molar-refractivity contribution in [3.63, 3.8) is 0 Å². The molecule has 0 heterocycles. The second kappa shape index (κ2) is 5.90. The van der Waals surface area contributed by atoms with Crippen molar-refractivity contribution < 1.29 is 19.5 Å². The topological polar surface area (TPSA) is 122 Å². The predicted molar refractivity (Wildman–Crippen MR) is 68.3 cm³/mol. The molecule has 1 rings (SSSR count). The van der Waals surface area contributed by atoms with Crippen LogP contribution in [0.25, 0.3) is 0 Å². The van der Waals surface area contributed by atoms with Crippen LogP contribution in [0.2, 0.25) is 0 Å². The van der Waals surface area contributed by atoms with Crippen LogP contribution in [0, 0.1) is 5.92 Å². The van der Waals surface area contributed by atoms with Gasteiger partial charge in [-0.05, 0) is 25.2 Å². The molecule has 1 aliphatic rings. The zero-order chi connectivity index (χ0) is 14.6. The molecule has 1 unspecified atom stereocenters. The average Bonchev–Trinajstić information content (AvgIpc) is 2.21. The fraction of sp³-hybridized carbons (Fsp3) is 0.750. The first-order valence-corrected chi connectivity index (χ1v) is 6.35. The Kier molecular flexibility index (Phi) is 4.74. The third kappa shape index (κ3) is 4.11. The average molecular weight is 271 g/mol. The first kappa shape index (κ1) is 15.3. The summed E-state index contributed by atoms with van der Waals surface area (Å²) in [5.41, 5.74) is 4.52. The minimum absolute atomic E-state index is 0.108. The molecule has 0 aromatic rings. The maximum absolute atomic E-state index is 11.8. The highest BCUT2D eigenvalue weighted by Crippen LogP contribution is 2.34. The standard InChI is InChI=1S/C12H21N3O4/c1-7(2)9(10(13)18)14-11(19)15-12(4-3-5-12)6-8(16)17/h7,9H,3-6H2,1-2H3,(H2,13,18)(H,16,17)(H2,14,15,19). The summed E-state index contributed by atoms with van der Waals surface area (Å²) in [4.78, 5) is 33.8. The van der Waals surface area contributed by atoms with Crippen LogP contribution >= 0.6 is 0 Å². The maximum atomic E-state index is 11.8. The molecule has 1 fully saturated rings. The highest BCUT2D eigenvalue weighted by Gasteiger charge is 2.40. The lowest BCUT2D eigenvalue weighted by Crippen LogP contribution is -2.60. The van der Waals surface area contributed by atoms with Gasteiger partial charge in [-0.2, -0.15) is 0 Å². The molecule has 0 saturated heterocycles. The van der Waals surface area contributed by atoms with Crippen LogP contribution < -0.4 is 16.4 Å². The molecule has 19 heavy (non-hydrogen) atoms. The number of carbonyl (C=O) groups is 3. The van der Waals surface area contributed by atoms with Crippen molar-refractivity contribution in [3.05, 3.63) is 0 Å². The molecule has 0 aliphatic heterocycles. The third-order valence-electron chi connectivity index (χ3n) is 3.44. The zero-order valence-corrected chi connectivity index (χ0v) is 11.2. The molecule has 108 valence electrons. The van der Waals surface area contributed by atoms with Crippen molar-refractivity contribution in [2.24, 2.45) is 11.7 Å². The van der Waals surface area contributed by atoms with E-state index in [1.807, 2.05) is 0 Å². The normalized spacial score (nSPS) is 18.3. The maximum Gasteiger partial charge on any atom is 0.315 e. The van der Waals surface area contributed by atoms with Gasteiger partial charge in [-0.25, -0.2) is 4.79 Å². The first-order chi connectivity index (χ1) is 8.76. The number of carboxylic acids is 1. The quantitative estimate of drug-likeness (QED) is 0.551. The number of primary amides is 1. The van der Waals surface area contributed by atoms with Crippen molar-refractivity contribution in [2.45, 2.75) is 51.1 Å². The number of rotatable bonds is 6. The molecule has 5 N–H and O–H groups in total. The van der Waals surface area contributed by atoms with E-state index < -0.39 is 29.5 Å². The lowest BCUT2D eigenvalue weighted by atomic mass is 9.74. The number of urea groups is 1. The fourth-order valence-electron chi connectivity index (χ4n) is 2.22. The van der Waals surface area contributed by atoms with Crippen LogP contribution in [-0.2, 0) is 9.59 Å². The van der Waals surface area contributed by atoms with Gasteiger partial charge in [-0.15, -0.1) is 0 Å². The summed E-state index contributed by atoms with van der Waals surface area (Å²) >= 11 is 0. The molecule has 0 bridgehead atoms. The Morgan fingerprint density at radius 2 is 1.89 bits per heavy atom. The highest BCUT2D eigenvalue weighted by atomic mass is 16.4. The van der Waals surface area contributed by atoms with Gasteiger partial charge in [0, 0.05) is 0 Å². The van der Waals surface area contributed by atoms with Gasteiger partial charge in [0.2, 0.25) is 5.91 Å². The molecule has 7 heteroatoms. The van der Waals surface area contributed by atoms with E-state index in [9.17, 15) is 14.4 Å². The van der Waals surface area contributed by atoms with Crippen LogP contribution in [-0.4, -0.2) is 34.6 Å².